The molecule has 1 aromatic carbocycles. The molecule has 0 spiro atoms. The summed E-state index contributed by atoms with van der Waals surface area (Å²) in [5, 5.41) is 0. The van der Waals surface area contributed by atoms with Gasteiger partial charge in [0.1, 0.15) is 0 Å². The Bertz CT molecular complexity index is 626. The molecule has 0 heterocycles. The quantitative estimate of drug-likeness (QED) is 0.741. The highest BCUT2D eigenvalue weighted by molar-refractivity contribution is 6.18. The van der Waals surface area contributed by atoms with Crippen LogP contribution in [0.5, 0.6) is 0 Å². The fraction of sp³-hybridized carbons (Fsp3) is 0.375. The van der Waals surface area contributed by atoms with Crippen molar-refractivity contribution in [1.29, 1.82) is 0 Å². The summed E-state index contributed by atoms with van der Waals surface area (Å²) in [6, 6.07) is 4.65. The van der Waals surface area contributed by atoms with Gasteiger partial charge in [-0.3, -0.25) is 9.59 Å². The van der Waals surface area contributed by atoms with Crippen molar-refractivity contribution < 1.29 is 22.8 Å². The third-order valence-electron chi connectivity index (χ3n) is 4.23. The highest BCUT2D eigenvalue weighted by Crippen LogP contribution is 2.40. The van der Waals surface area contributed by atoms with Gasteiger partial charge in [-0.25, -0.2) is 0 Å². The van der Waals surface area contributed by atoms with Crippen LogP contribution in [0.25, 0.3) is 5.57 Å². The minimum Gasteiger partial charge on any atom is -0.298 e. The van der Waals surface area contributed by atoms with E-state index in [2.05, 4.69) is 0 Å². The number of rotatable bonds is 1. The number of ketones is 2. The maximum atomic E-state index is 12.6. The third kappa shape index (κ3) is 2.41. The highest BCUT2D eigenvalue weighted by Gasteiger charge is 2.41. The average Bonchev–Trinajstić information content (AvgIpc) is 2.42. The lowest BCUT2D eigenvalue weighted by Crippen LogP contribution is -2.37. The number of carbonyl (C=O) groups is 2. The standard InChI is InChI=1S/C16H13F3O2/c17-16(18,19)10-6-4-9(5-7-10)13-8-14(20)12-3-1-2-11(13)15(12)21/h4-8,11-12H,1-3H2/t11-,12+/m0/s1. The van der Waals surface area contributed by atoms with Gasteiger partial charge in [0.15, 0.2) is 11.6 Å². The van der Waals surface area contributed by atoms with Gasteiger partial charge in [-0.1, -0.05) is 18.6 Å². The second-order valence-electron chi connectivity index (χ2n) is 5.52. The zero-order valence-corrected chi connectivity index (χ0v) is 11.1. The Morgan fingerprint density at radius 1 is 0.952 bits per heavy atom. The van der Waals surface area contributed by atoms with Crippen LogP contribution in [0.15, 0.2) is 30.3 Å². The second kappa shape index (κ2) is 4.83. The van der Waals surface area contributed by atoms with Crippen LogP contribution in [-0.2, 0) is 15.8 Å². The maximum absolute atomic E-state index is 12.6. The largest absolute Gasteiger partial charge is 0.416 e. The van der Waals surface area contributed by atoms with Gasteiger partial charge in [0, 0.05) is 5.92 Å². The molecule has 2 aliphatic rings. The Kier molecular flexibility index (Phi) is 3.23. The number of hydrogen-bond acceptors (Lipinski definition) is 2. The molecule has 0 unspecified atom stereocenters. The van der Waals surface area contributed by atoms with Gasteiger partial charge in [0.25, 0.3) is 0 Å². The first-order valence-corrected chi connectivity index (χ1v) is 6.85. The molecule has 5 heteroatoms. The number of benzene rings is 1. The molecule has 0 amide bonds. The van der Waals surface area contributed by atoms with E-state index in [1.54, 1.807) is 0 Å². The molecule has 1 fully saturated rings. The van der Waals surface area contributed by atoms with Crippen LogP contribution >= 0.6 is 0 Å². The van der Waals surface area contributed by atoms with Crippen LogP contribution in [0.1, 0.15) is 30.4 Å². The lowest BCUT2D eigenvalue weighted by atomic mass is 9.69. The molecule has 0 aliphatic heterocycles. The third-order valence-corrected chi connectivity index (χ3v) is 4.23. The summed E-state index contributed by atoms with van der Waals surface area (Å²) in [5.74, 6) is -1.19. The van der Waals surface area contributed by atoms with Gasteiger partial charge in [-0.15, -0.1) is 0 Å². The van der Waals surface area contributed by atoms with Crippen molar-refractivity contribution in [2.45, 2.75) is 25.4 Å². The molecule has 3 rings (SSSR count). The molecular weight excluding hydrogens is 281 g/mol. The SMILES string of the molecule is O=C1C=C(c2ccc(C(F)(F)F)cc2)[C@@H]2CCC[C@H]1C2=O. The van der Waals surface area contributed by atoms with E-state index in [-0.39, 0.29) is 17.5 Å². The molecule has 2 aliphatic carbocycles. The van der Waals surface area contributed by atoms with Crippen molar-refractivity contribution in [3.8, 4) is 0 Å². The van der Waals surface area contributed by atoms with Crippen molar-refractivity contribution >= 4 is 17.1 Å². The number of fused-ring (bicyclic) bond motifs is 2. The van der Waals surface area contributed by atoms with Crippen molar-refractivity contribution in [2.24, 2.45) is 11.8 Å². The van der Waals surface area contributed by atoms with Crippen molar-refractivity contribution in [3.05, 3.63) is 41.5 Å². The zero-order valence-electron chi connectivity index (χ0n) is 11.1. The Labute approximate surface area is 119 Å². The first-order valence-electron chi connectivity index (χ1n) is 6.85. The lowest BCUT2D eigenvalue weighted by molar-refractivity contribution is -0.138. The van der Waals surface area contributed by atoms with Crippen molar-refractivity contribution in [2.75, 3.05) is 0 Å². The number of alkyl halides is 3. The van der Waals surface area contributed by atoms with E-state index in [0.29, 0.717) is 24.0 Å². The number of Topliss-reactive ketones (excluding diaryl/α,β-unsaturated/α-hetero) is 1. The summed E-state index contributed by atoms with van der Waals surface area (Å²) in [4.78, 5) is 24.1. The lowest BCUT2D eigenvalue weighted by Gasteiger charge is -2.32. The summed E-state index contributed by atoms with van der Waals surface area (Å²) in [6.07, 6.45) is -0.898. The van der Waals surface area contributed by atoms with Gasteiger partial charge in [0.05, 0.1) is 11.5 Å². The van der Waals surface area contributed by atoms with Crippen LogP contribution in [0.4, 0.5) is 13.2 Å². The number of carbonyl (C=O) groups excluding carboxylic acids is 2. The Morgan fingerprint density at radius 2 is 1.57 bits per heavy atom. The summed E-state index contributed by atoms with van der Waals surface area (Å²) < 4.78 is 37.7. The molecule has 0 aromatic heterocycles. The fourth-order valence-corrected chi connectivity index (χ4v) is 3.14. The summed E-state index contributed by atoms with van der Waals surface area (Å²) in [7, 11) is 0. The molecule has 0 N–H and O–H groups in total. The predicted molar refractivity (Wildman–Crippen MR) is 70.3 cm³/mol. The fourth-order valence-electron chi connectivity index (χ4n) is 3.14. The van der Waals surface area contributed by atoms with Crippen LogP contribution in [0, 0.1) is 11.8 Å². The van der Waals surface area contributed by atoms with Crippen LogP contribution in [0.2, 0.25) is 0 Å². The number of allylic oxidation sites excluding steroid dienone is 2. The molecule has 110 valence electrons. The average molecular weight is 294 g/mol. The molecule has 2 atom stereocenters. The molecule has 0 radical (unpaired) electrons. The minimum absolute atomic E-state index is 0.0800. The Hall–Kier alpha value is -1.91. The van der Waals surface area contributed by atoms with Gasteiger partial charge >= 0.3 is 6.18 Å². The first-order chi connectivity index (χ1) is 9.88. The van der Waals surface area contributed by atoms with Crippen LogP contribution in [0.3, 0.4) is 0 Å². The van der Waals surface area contributed by atoms with E-state index in [4.69, 9.17) is 0 Å². The second-order valence-corrected chi connectivity index (χ2v) is 5.52. The Balaban J connectivity index is 1.98. The summed E-state index contributed by atoms with van der Waals surface area (Å²) >= 11 is 0. The van der Waals surface area contributed by atoms with E-state index in [0.717, 1.165) is 18.6 Å². The van der Waals surface area contributed by atoms with Gasteiger partial charge in [0.2, 0.25) is 0 Å². The normalized spacial score (nSPS) is 25.8. The van der Waals surface area contributed by atoms with E-state index in [1.807, 2.05) is 0 Å². The van der Waals surface area contributed by atoms with Gasteiger partial charge < -0.3 is 0 Å². The summed E-state index contributed by atoms with van der Waals surface area (Å²) in [6.45, 7) is 0. The zero-order chi connectivity index (χ0) is 15.2. The summed E-state index contributed by atoms with van der Waals surface area (Å²) in [5.41, 5.74) is 0.353. The van der Waals surface area contributed by atoms with Crippen LogP contribution < -0.4 is 0 Å². The molecule has 1 aromatic rings. The molecule has 2 bridgehead atoms. The van der Waals surface area contributed by atoms with Gasteiger partial charge in [-0.2, -0.15) is 13.2 Å². The molecule has 0 saturated heterocycles. The molecule has 1 saturated carbocycles. The number of hydrogen-bond donors (Lipinski definition) is 0. The van der Waals surface area contributed by atoms with Gasteiger partial charge in [-0.05, 0) is 42.2 Å². The predicted octanol–water partition coefficient (Wildman–Crippen LogP) is 3.66. The minimum atomic E-state index is -4.39. The first kappa shape index (κ1) is 14.0. The van der Waals surface area contributed by atoms with E-state index >= 15 is 0 Å². The van der Waals surface area contributed by atoms with E-state index < -0.39 is 17.7 Å². The topological polar surface area (TPSA) is 34.1 Å². The molecule has 21 heavy (non-hydrogen) atoms. The van der Waals surface area contributed by atoms with Crippen LogP contribution in [-0.4, -0.2) is 11.6 Å². The Morgan fingerprint density at radius 3 is 2.19 bits per heavy atom. The maximum Gasteiger partial charge on any atom is 0.416 e. The monoisotopic (exact) mass is 294 g/mol. The number of halogens is 3. The smallest absolute Gasteiger partial charge is 0.298 e. The molecule has 2 nitrogen and oxygen atoms in total. The van der Waals surface area contributed by atoms with E-state index in [1.165, 1.54) is 18.2 Å². The van der Waals surface area contributed by atoms with Crippen molar-refractivity contribution in [1.82, 2.24) is 0 Å². The highest BCUT2D eigenvalue weighted by atomic mass is 19.4. The van der Waals surface area contributed by atoms with Crippen molar-refractivity contribution in [3.63, 3.8) is 0 Å². The molecular formula is C16H13F3O2. The van der Waals surface area contributed by atoms with E-state index in [9.17, 15) is 22.8 Å².